The summed E-state index contributed by atoms with van der Waals surface area (Å²) in [5.74, 6) is 1.10. The van der Waals surface area contributed by atoms with E-state index >= 15 is 0 Å². The molecule has 0 aliphatic heterocycles. The molecule has 8 nitrogen and oxygen atoms in total. The molecule has 0 saturated carbocycles. The van der Waals surface area contributed by atoms with Crippen LogP contribution in [0, 0.1) is 5.92 Å². The highest BCUT2D eigenvalue weighted by molar-refractivity contribution is 5.96. The fraction of sp³-hybridized carbons (Fsp3) is 0.310. The van der Waals surface area contributed by atoms with Crippen LogP contribution in [0.25, 0.3) is 21.5 Å². The highest BCUT2D eigenvalue weighted by Gasteiger charge is 2.14. The van der Waals surface area contributed by atoms with Crippen LogP contribution < -0.4 is 18.9 Å². The van der Waals surface area contributed by atoms with Crippen molar-refractivity contribution in [2.24, 2.45) is 5.92 Å². The quantitative estimate of drug-likeness (QED) is 0.0441. The minimum absolute atomic E-state index is 0.255. The zero-order valence-electron chi connectivity index (χ0n) is 28.9. The minimum atomic E-state index is -0.749. The maximum Gasteiger partial charge on any atom is 0.513 e. The molecule has 0 fully saturated rings. The number of esters is 2. The van der Waals surface area contributed by atoms with Gasteiger partial charge in [-0.3, -0.25) is 0 Å². The molecule has 5 aromatic rings. The summed E-state index contributed by atoms with van der Waals surface area (Å²) >= 11 is 0. The van der Waals surface area contributed by atoms with Gasteiger partial charge in [0.2, 0.25) is 0 Å². The first-order valence-electron chi connectivity index (χ1n) is 17.4. The third kappa shape index (κ3) is 10.3. The largest absolute Gasteiger partial charge is 0.513 e. The molecule has 1 unspecified atom stereocenters. The molecule has 5 rings (SSSR count). The van der Waals surface area contributed by atoms with Gasteiger partial charge in [-0.2, -0.15) is 0 Å². The zero-order chi connectivity index (χ0) is 35.3. The Morgan fingerprint density at radius 2 is 0.980 bits per heavy atom. The summed E-state index contributed by atoms with van der Waals surface area (Å²) in [6, 6.07) is 27.7. The lowest BCUT2D eigenvalue weighted by atomic mass is 10.1. The van der Waals surface area contributed by atoms with E-state index in [1.807, 2.05) is 44.2 Å². The first kappa shape index (κ1) is 35.9. The highest BCUT2D eigenvalue weighted by Crippen LogP contribution is 2.28. The number of unbranched alkanes of at least 4 members (excludes halogenated alkanes) is 5. The van der Waals surface area contributed by atoms with Crippen molar-refractivity contribution in [3.05, 3.63) is 108 Å². The fourth-order valence-electron chi connectivity index (χ4n) is 5.28. The summed E-state index contributed by atoms with van der Waals surface area (Å²) in [6.07, 6.45) is 7.45. The Balaban J connectivity index is 1.12. The molecule has 260 valence electrons. The third-order valence-corrected chi connectivity index (χ3v) is 8.49. The summed E-state index contributed by atoms with van der Waals surface area (Å²) in [5.41, 5.74) is 0.578. The van der Waals surface area contributed by atoms with Crippen molar-refractivity contribution < 1.29 is 38.1 Å². The van der Waals surface area contributed by atoms with Crippen LogP contribution in [0.4, 0.5) is 4.79 Å². The molecule has 0 saturated heterocycles. The summed E-state index contributed by atoms with van der Waals surface area (Å²) in [5, 5.41) is 3.51. The van der Waals surface area contributed by atoms with Gasteiger partial charge in [0.15, 0.2) is 0 Å². The molecule has 0 radical (unpaired) electrons. The number of ether oxygens (including phenoxy) is 5. The van der Waals surface area contributed by atoms with Crippen LogP contribution in [0.3, 0.4) is 0 Å². The van der Waals surface area contributed by atoms with E-state index in [0.717, 1.165) is 40.1 Å². The van der Waals surface area contributed by atoms with Crippen LogP contribution in [0.15, 0.2) is 97.1 Å². The van der Waals surface area contributed by atoms with E-state index in [4.69, 9.17) is 23.7 Å². The first-order valence-corrected chi connectivity index (χ1v) is 17.4. The van der Waals surface area contributed by atoms with Crippen LogP contribution in [-0.4, -0.2) is 31.3 Å². The van der Waals surface area contributed by atoms with Gasteiger partial charge in [-0.05, 0) is 107 Å². The number of carbonyl (C=O) groups is 3. The second kappa shape index (κ2) is 17.9. The molecule has 0 spiro atoms. The van der Waals surface area contributed by atoms with Gasteiger partial charge >= 0.3 is 18.1 Å². The summed E-state index contributed by atoms with van der Waals surface area (Å²) in [7, 11) is 0. The Bertz CT molecular complexity index is 1910. The lowest BCUT2D eigenvalue weighted by Crippen LogP contribution is -2.15. The van der Waals surface area contributed by atoms with Crippen LogP contribution in [0.5, 0.6) is 23.0 Å². The molecule has 8 heteroatoms. The molecule has 0 aromatic heterocycles. The molecule has 0 heterocycles. The monoisotopic (exact) mass is 676 g/mol. The Labute approximate surface area is 293 Å². The molecule has 5 aromatic carbocycles. The highest BCUT2D eigenvalue weighted by atomic mass is 16.7. The second-order valence-electron chi connectivity index (χ2n) is 12.5. The van der Waals surface area contributed by atoms with E-state index in [-0.39, 0.29) is 11.5 Å². The number of rotatable bonds is 16. The van der Waals surface area contributed by atoms with Crippen LogP contribution in [-0.2, 0) is 4.74 Å². The average Bonchev–Trinajstić information content (AvgIpc) is 3.13. The average molecular weight is 677 g/mol. The van der Waals surface area contributed by atoms with E-state index in [1.54, 1.807) is 42.5 Å². The smallest absolute Gasteiger partial charge is 0.494 e. The van der Waals surface area contributed by atoms with E-state index in [0.29, 0.717) is 36.0 Å². The van der Waals surface area contributed by atoms with E-state index in [2.05, 4.69) is 6.92 Å². The molecular formula is C42H44O8. The fourth-order valence-corrected chi connectivity index (χ4v) is 5.28. The van der Waals surface area contributed by atoms with Crippen molar-refractivity contribution in [3.8, 4) is 23.0 Å². The van der Waals surface area contributed by atoms with Crippen molar-refractivity contribution in [2.45, 2.75) is 65.7 Å². The van der Waals surface area contributed by atoms with Gasteiger partial charge < -0.3 is 23.7 Å². The predicted octanol–water partition coefficient (Wildman–Crippen LogP) is 10.7. The number of carbonyl (C=O) groups excluding carboxylic acids is 3. The lowest BCUT2D eigenvalue weighted by molar-refractivity contribution is 0.0720. The van der Waals surface area contributed by atoms with Crippen molar-refractivity contribution in [3.63, 3.8) is 0 Å². The Morgan fingerprint density at radius 1 is 0.540 bits per heavy atom. The van der Waals surface area contributed by atoms with Gasteiger partial charge in [-0.1, -0.05) is 83.6 Å². The van der Waals surface area contributed by atoms with Gasteiger partial charge in [0.05, 0.1) is 24.3 Å². The number of benzene rings is 5. The first-order chi connectivity index (χ1) is 24.3. The Morgan fingerprint density at radius 3 is 1.48 bits per heavy atom. The lowest BCUT2D eigenvalue weighted by Gasteiger charge is -2.10. The van der Waals surface area contributed by atoms with Crippen molar-refractivity contribution >= 4 is 39.6 Å². The molecule has 50 heavy (non-hydrogen) atoms. The Kier molecular flexibility index (Phi) is 12.8. The van der Waals surface area contributed by atoms with Gasteiger partial charge in [0.25, 0.3) is 0 Å². The molecule has 0 N–H and O–H groups in total. The number of hydrogen-bond acceptors (Lipinski definition) is 8. The van der Waals surface area contributed by atoms with Crippen molar-refractivity contribution in [1.82, 2.24) is 0 Å². The van der Waals surface area contributed by atoms with Gasteiger partial charge in [-0.15, -0.1) is 0 Å². The summed E-state index contributed by atoms with van der Waals surface area (Å²) < 4.78 is 27.6. The predicted molar refractivity (Wildman–Crippen MR) is 195 cm³/mol. The molecule has 0 aliphatic rings. The van der Waals surface area contributed by atoms with Crippen LogP contribution in [0.1, 0.15) is 86.4 Å². The standard InChI is InChI=1S/C42H44O8/c1-4-6-7-8-9-10-23-46-36-19-15-33-25-37(20-16-32(33)24-36)48-40(43)30-11-13-31(14-12-30)41(44)49-38-21-17-35-27-39(22-18-34(35)26-38)50-42(45)47-28-29(3)5-2/h11-22,24-27,29H,4-10,23,28H2,1-3H3. The van der Waals surface area contributed by atoms with Crippen LogP contribution in [0.2, 0.25) is 0 Å². The zero-order valence-corrected chi connectivity index (χ0v) is 28.9. The van der Waals surface area contributed by atoms with Gasteiger partial charge in [-0.25, -0.2) is 14.4 Å². The minimum Gasteiger partial charge on any atom is -0.494 e. The SMILES string of the molecule is CCCCCCCCOc1ccc2cc(OC(=O)c3ccc(C(=O)Oc4ccc5cc(OC(=O)OCC(C)CC)ccc5c4)cc3)ccc2c1. The summed E-state index contributed by atoms with van der Waals surface area (Å²) in [4.78, 5) is 37.8. The maximum atomic E-state index is 12.9. The van der Waals surface area contributed by atoms with Gasteiger partial charge in [0, 0.05) is 0 Å². The number of fused-ring (bicyclic) bond motifs is 2. The maximum absolute atomic E-state index is 12.9. The Hall–Kier alpha value is -5.37. The second-order valence-corrected chi connectivity index (χ2v) is 12.5. The van der Waals surface area contributed by atoms with Crippen molar-refractivity contribution in [2.75, 3.05) is 13.2 Å². The van der Waals surface area contributed by atoms with Crippen molar-refractivity contribution in [1.29, 1.82) is 0 Å². The van der Waals surface area contributed by atoms with Crippen LogP contribution >= 0.6 is 0 Å². The van der Waals surface area contributed by atoms with Gasteiger partial charge in [0.1, 0.15) is 23.0 Å². The topological polar surface area (TPSA) is 97.4 Å². The molecule has 0 amide bonds. The molecular weight excluding hydrogens is 632 g/mol. The molecule has 1 atom stereocenters. The third-order valence-electron chi connectivity index (χ3n) is 8.49. The van der Waals surface area contributed by atoms with E-state index in [9.17, 15) is 14.4 Å². The summed E-state index contributed by atoms with van der Waals surface area (Å²) in [6.45, 7) is 7.24. The molecule has 0 bridgehead atoms. The normalized spacial score (nSPS) is 11.6. The number of hydrogen-bond donors (Lipinski definition) is 0. The molecule has 0 aliphatic carbocycles. The van der Waals surface area contributed by atoms with E-state index in [1.165, 1.54) is 56.4 Å². The van der Waals surface area contributed by atoms with E-state index < -0.39 is 18.1 Å².